The van der Waals surface area contributed by atoms with Crippen LogP contribution in [0, 0.1) is 19.4 Å². The fraction of sp³-hybridized carbons (Fsp3) is 0.500. The van der Waals surface area contributed by atoms with E-state index in [0.29, 0.717) is 5.56 Å². The number of hydrogen-bond donors (Lipinski definition) is 2. The molecule has 0 aliphatic carbocycles. The first-order valence-electron chi connectivity index (χ1n) is 10.7. The highest BCUT2D eigenvalue weighted by Gasteiger charge is 2.34. The molecule has 1 aromatic carbocycles. The topological polar surface area (TPSA) is 114 Å². The predicted octanol–water partition coefficient (Wildman–Crippen LogP) is 2.44. The zero-order valence-corrected chi connectivity index (χ0v) is 20.1. The second-order valence-electron chi connectivity index (χ2n) is 8.31. The Balaban J connectivity index is 3.11. The van der Waals surface area contributed by atoms with Crippen molar-refractivity contribution in [1.29, 1.82) is 0 Å². The van der Waals surface area contributed by atoms with Crippen LogP contribution in [0.15, 0.2) is 24.3 Å². The monoisotopic (exact) mass is 459 g/mol. The minimum atomic E-state index is -1.17. The van der Waals surface area contributed by atoms with Crippen molar-refractivity contribution in [1.82, 2.24) is 15.5 Å². The Kier molecular flexibility index (Phi) is 10.4. The predicted molar refractivity (Wildman–Crippen MR) is 123 cm³/mol. The number of carbonyl (C=O) groups is 4. The number of esters is 1. The molecule has 0 aliphatic rings. The summed E-state index contributed by atoms with van der Waals surface area (Å²) in [5, 5.41) is 5.08. The molecule has 33 heavy (non-hydrogen) atoms. The van der Waals surface area contributed by atoms with E-state index in [1.165, 1.54) is 6.92 Å². The van der Waals surface area contributed by atoms with Gasteiger partial charge in [-0.1, -0.05) is 30.7 Å². The number of nitrogens with one attached hydrogen (secondary N) is 2. The first-order chi connectivity index (χ1) is 15.4. The van der Waals surface area contributed by atoms with E-state index in [-0.39, 0.29) is 19.6 Å². The highest BCUT2D eigenvalue weighted by molar-refractivity contribution is 5.93. The molecular weight excluding hydrogens is 426 g/mol. The van der Waals surface area contributed by atoms with E-state index in [2.05, 4.69) is 16.7 Å². The Labute approximate surface area is 195 Å². The van der Waals surface area contributed by atoms with Crippen molar-refractivity contribution >= 4 is 23.9 Å². The van der Waals surface area contributed by atoms with Crippen LogP contribution >= 0.6 is 0 Å². The van der Waals surface area contributed by atoms with Gasteiger partial charge in [-0.3, -0.25) is 19.3 Å². The van der Waals surface area contributed by atoms with Gasteiger partial charge in [-0.15, -0.1) is 0 Å². The summed E-state index contributed by atoms with van der Waals surface area (Å²) < 4.78 is 10.0. The van der Waals surface area contributed by atoms with Crippen molar-refractivity contribution < 1.29 is 28.7 Å². The standard InChI is InChI=1S/C24H33N3O6/c1-8-27(22(30)17(4)26-23(31)33-24(5,6)7)20(18-13-11-10-12-16(18)3)21(29)25-15-14-19(28)32-9-2/h1,10-13,17,20H,9,14-15H2,2-7H3,(H,25,29)(H,26,31). The second-order valence-corrected chi connectivity index (χ2v) is 8.31. The van der Waals surface area contributed by atoms with Crippen LogP contribution in [0.5, 0.6) is 0 Å². The van der Waals surface area contributed by atoms with Gasteiger partial charge < -0.3 is 20.1 Å². The van der Waals surface area contributed by atoms with E-state index in [1.54, 1.807) is 58.9 Å². The molecule has 2 unspecified atom stereocenters. The van der Waals surface area contributed by atoms with Gasteiger partial charge in [-0.25, -0.2) is 4.79 Å². The van der Waals surface area contributed by atoms with Gasteiger partial charge in [0.05, 0.1) is 13.0 Å². The van der Waals surface area contributed by atoms with E-state index in [9.17, 15) is 19.2 Å². The van der Waals surface area contributed by atoms with Crippen molar-refractivity contribution in [3.8, 4) is 12.5 Å². The summed E-state index contributed by atoms with van der Waals surface area (Å²) in [5.74, 6) is -1.69. The molecular formula is C24H33N3O6. The Bertz CT molecular complexity index is 900. The largest absolute Gasteiger partial charge is 0.466 e. The third-order valence-corrected chi connectivity index (χ3v) is 4.40. The quantitative estimate of drug-likeness (QED) is 0.333. The minimum Gasteiger partial charge on any atom is -0.466 e. The number of aryl methyl sites for hydroxylation is 1. The van der Waals surface area contributed by atoms with Crippen molar-refractivity contribution in [3.05, 3.63) is 35.4 Å². The Morgan fingerprint density at radius 2 is 1.82 bits per heavy atom. The summed E-state index contributed by atoms with van der Waals surface area (Å²) in [6.07, 6.45) is 4.83. The molecule has 1 aromatic rings. The van der Waals surface area contributed by atoms with E-state index in [4.69, 9.17) is 15.9 Å². The van der Waals surface area contributed by atoms with Crippen LogP contribution < -0.4 is 10.6 Å². The Morgan fingerprint density at radius 1 is 1.18 bits per heavy atom. The number of amides is 3. The normalized spacial score (nSPS) is 12.5. The van der Waals surface area contributed by atoms with Crippen LogP contribution in [-0.4, -0.2) is 53.6 Å². The number of carbonyl (C=O) groups excluding carboxylic acids is 4. The number of alkyl carbamates (subject to hydrolysis) is 1. The van der Waals surface area contributed by atoms with E-state index >= 15 is 0 Å². The van der Waals surface area contributed by atoms with Crippen LogP contribution in [0.1, 0.15) is 58.2 Å². The van der Waals surface area contributed by atoms with Crippen LogP contribution in [-0.2, 0) is 23.9 Å². The lowest BCUT2D eigenvalue weighted by molar-refractivity contribution is -0.143. The average molecular weight is 460 g/mol. The van der Waals surface area contributed by atoms with Gasteiger partial charge in [0.15, 0.2) is 0 Å². The van der Waals surface area contributed by atoms with Crippen LogP contribution in [0.4, 0.5) is 4.79 Å². The second kappa shape index (κ2) is 12.5. The number of terminal acetylenes is 1. The Hall–Kier alpha value is -3.54. The molecule has 0 saturated carbocycles. The van der Waals surface area contributed by atoms with Gasteiger partial charge in [0.25, 0.3) is 5.91 Å². The molecule has 0 spiro atoms. The molecule has 2 N–H and O–H groups in total. The summed E-state index contributed by atoms with van der Waals surface area (Å²) in [7, 11) is 0. The summed E-state index contributed by atoms with van der Waals surface area (Å²) >= 11 is 0. The highest BCUT2D eigenvalue weighted by atomic mass is 16.6. The summed E-state index contributed by atoms with van der Waals surface area (Å²) in [5.41, 5.74) is 0.506. The molecule has 0 radical (unpaired) electrons. The van der Waals surface area contributed by atoms with Gasteiger partial charge >= 0.3 is 12.1 Å². The lowest BCUT2D eigenvalue weighted by atomic mass is 9.98. The molecule has 0 bridgehead atoms. The van der Waals surface area contributed by atoms with Gasteiger partial charge in [-0.05, 0) is 52.7 Å². The van der Waals surface area contributed by atoms with Crippen LogP contribution in [0.2, 0.25) is 0 Å². The smallest absolute Gasteiger partial charge is 0.408 e. The third kappa shape index (κ3) is 8.85. The SMILES string of the molecule is C#CN(C(=O)C(C)NC(=O)OC(C)(C)C)C(C(=O)NCCC(=O)OCC)c1ccccc1C. The molecule has 0 fully saturated rings. The third-order valence-electron chi connectivity index (χ3n) is 4.40. The average Bonchev–Trinajstić information content (AvgIpc) is 2.70. The van der Waals surface area contributed by atoms with Crippen molar-refractivity contribution in [2.24, 2.45) is 0 Å². The molecule has 0 saturated heterocycles. The molecule has 9 nitrogen and oxygen atoms in total. The maximum absolute atomic E-state index is 13.1. The summed E-state index contributed by atoms with van der Waals surface area (Å²) in [4.78, 5) is 50.9. The first kappa shape index (κ1) is 27.5. The number of benzene rings is 1. The zero-order chi connectivity index (χ0) is 25.2. The van der Waals surface area contributed by atoms with Crippen LogP contribution in [0.25, 0.3) is 0 Å². The zero-order valence-electron chi connectivity index (χ0n) is 20.1. The molecule has 0 aliphatic heterocycles. The van der Waals surface area contributed by atoms with Gasteiger partial charge in [0, 0.05) is 12.6 Å². The number of hydrogen-bond acceptors (Lipinski definition) is 6. The maximum atomic E-state index is 13.1. The van der Waals surface area contributed by atoms with Crippen LogP contribution in [0.3, 0.4) is 0 Å². The lowest BCUT2D eigenvalue weighted by Gasteiger charge is -2.30. The lowest BCUT2D eigenvalue weighted by Crippen LogP contribution is -2.50. The maximum Gasteiger partial charge on any atom is 0.408 e. The highest BCUT2D eigenvalue weighted by Crippen LogP contribution is 2.25. The first-order valence-corrected chi connectivity index (χ1v) is 10.7. The molecule has 2 atom stereocenters. The van der Waals surface area contributed by atoms with Crippen molar-refractivity contribution in [2.45, 2.75) is 65.6 Å². The summed E-state index contributed by atoms with van der Waals surface area (Å²) in [6, 6.07) is 7.03. The molecule has 0 heterocycles. The number of rotatable bonds is 9. The van der Waals surface area contributed by atoms with Gasteiger partial charge in [0.1, 0.15) is 17.7 Å². The fourth-order valence-corrected chi connectivity index (χ4v) is 2.93. The molecule has 0 aromatic heterocycles. The van der Waals surface area contributed by atoms with E-state index < -0.39 is 41.6 Å². The molecule has 9 heteroatoms. The van der Waals surface area contributed by atoms with E-state index in [0.717, 1.165) is 10.5 Å². The minimum absolute atomic E-state index is 0.0123. The molecule has 3 amide bonds. The summed E-state index contributed by atoms with van der Waals surface area (Å²) in [6.45, 7) is 10.3. The molecule has 1 rings (SSSR count). The number of nitrogens with zero attached hydrogens (tertiary/aromatic N) is 1. The van der Waals surface area contributed by atoms with E-state index in [1.807, 2.05) is 0 Å². The number of ether oxygens (including phenoxy) is 2. The molecule has 180 valence electrons. The van der Waals surface area contributed by atoms with Crippen molar-refractivity contribution in [3.63, 3.8) is 0 Å². The van der Waals surface area contributed by atoms with Crippen molar-refractivity contribution in [2.75, 3.05) is 13.2 Å². The Morgan fingerprint density at radius 3 is 2.36 bits per heavy atom. The van der Waals surface area contributed by atoms with Gasteiger partial charge in [0.2, 0.25) is 5.91 Å². The fourth-order valence-electron chi connectivity index (χ4n) is 2.93. The van der Waals surface area contributed by atoms with Gasteiger partial charge in [-0.2, -0.15) is 0 Å².